The van der Waals surface area contributed by atoms with Gasteiger partial charge in [0.05, 0.1) is 19.9 Å². The van der Waals surface area contributed by atoms with Crippen molar-refractivity contribution < 1.29 is 28.2 Å². The third-order valence-electron chi connectivity index (χ3n) is 2.92. The second-order valence-corrected chi connectivity index (χ2v) is 4.44. The number of anilines is 1. The van der Waals surface area contributed by atoms with E-state index in [0.29, 0.717) is 5.75 Å². The summed E-state index contributed by atoms with van der Waals surface area (Å²) in [6.07, 6.45) is -1.93. The summed E-state index contributed by atoms with van der Waals surface area (Å²) >= 11 is 0. The van der Waals surface area contributed by atoms with E-state index in [1.807, 2.05) is 0 Å². The van der Waals surface area contributed by atoms with E-state index in [4.69, 9.17) is 9.47 Å². The van der Waals surface area contributed by atoms with Crippen molar-refractivity contribution in [3.05, 3.63) is 54.3 Å². The number of nitrogens with zero attached hydrogens (tertiary/aromatic N) is 1. The summed E-state index contributed by atoms with van der Waals surface area (Å²) in [4.78, 5) is 23.8. The first-order valence-electron chi connectivity index (χ1n) is 6.80. The summed E-state index contributed by atoms with van der Waals surface area (Å²) in [6.45, 7) is 0. The van der Waals surface area contributed by atoms with E-state index >= 15 is 0 Å². The van der Waals surface area contributed by atoms with Gasteiger partial charge in [-0.3, -0.25) is 0 Å². The minimum atomic E-state index is -1.03. The minimum absolute atomic E-state index is 0.237. The van der Waals surface area contributed by atoms with Crippen molar-refractivity contribution in [3.8, 4) is 11.5 Å². The Morgan fingerprint density at radius 3 is 2.50 bits per heavy atom. The Morgan fingerprint density at radius 2 is 1.83 bits per heavy atom. The average molecular weight is 334 g/mol. The third-order valence-corrected chi connectivity index (χ3v) is 2.92. The van der Waals surface area contributed by atoms with E-state index in [9.17, 15) is 14.0 Å². The molecule has 2 rings (SSSR count). The molecular weight excluding hydrogens is 319 g/mol. The van der Waals surface area contributed by atoms with Crippen LogP contribution in [0.4, 0.5) is 19.7 Å². The summed E-state index contributed by atoms with van der Waals surface area (Å²) in [5.41, 5.74) is 2.43. The van der Waals surface area contributed by atoms with Crippen LogP contribution in [0.2, 0.25) is 0 Å². The van der Waals surface area contributed by atoms with Gasteiger partial charge in [-0.1, -0.05) is 18.2 Å². The summed E-state index contributed by atoms with van der Waals surface area (Å²) < 4.78 is 28.2. The maximum Gasteiger partial charge on any atom is 0.439 e. The molecule has 0 heterocycles. The highest BCUT2D eigenvalue weighted by Crippen LogP contribution is 2.22. The molecule has 0 radical (unpaired) electrons. The molecule has 0 aliphatic heterocycles. The highest BCUT2D eigenvalue weighted by molar-refractivity contribution is 5.91. The van der Waals surface area contributed by atoms with Gasteiger partial charge < -0.3 is 14.2 Å². The largest absolute Gasteiger partial charge is 0.497 e. The third kappa shape index (κ3) is 4.13. The molecule has 2 aromatic rings. The summed E-state index contributed by atoms with van der Waals surface area (Å²) in [5.74, 6) is -0.542. The monoisotopic (exact) mass is 334 g/mol. The van der Waals surface area contributed by atoms with Crippen LogP contribution in [0.15, 0.2) is 48.5 Å². The van der Waals surface area contributed by atoms with Gasteiger partial charge in [0.15, 0.2) is 11.6 Å². The number of ether oxygens (including phenoxy) is 3. The smallest absolute Gasteiger partial charge is 0.439 e. The van der Waals surface area contributed by atoms with Crippen LogP contribution >= 0.6 is 0 Å². The molecule has 126 valence electrons. The zero-order chi connectivity index (χ0) is 17.5. The summed E-state index contributed by atoms with van der Waals surface area (Å²) in [7, 11) is 2.59. The van der Waals surface area contributed by atoms with Crippen LogP contribution in [-0.4, -0.2) is 26.4 Å². The molecule has 2 amide bonds. The Morgan fingerprint density at radius 1 is 1.08 bits per heavy atom. The van der Waals surface area contributed by atoms with Crippen molar-refractivity contribution in [1.82, 2.24) is 5.43 Å². The van der Waals surface area contributed by atoms with E-state index in [1.165, 1.54) is 37.4 Å². The Labute approximate surface area is 137 Å². The number of hydrogen-bond acceptors (Lipinski definition) is 5. The fourth-order valence-electron chi connectivity index (χ4n) is 1.77. The van der Waals surface area contributed by atoms with Gasteiger partial charge >= 0.3 is 12.2 Å². The van der Waals surface area contributed by atoms with E-state index in [1.54, 1.807) is 12.1 Å². The first-order chi connectivity index (χ1) is 11.5. The second kappa shape index (κ2) is 7.82. The Hall–Kier alpha value is -3.29. The Balaban J connectivity index is 2.29. The number of hydrazine groups is 1. The first kappa shape index (κ1) is 17.1. The van der Waals surface area contributed by atoms with Crippen LogP contribution in [0.1, 0.15) is 0 Å². The molecule has 1 N–H and O–H groups in total. The number of carbonyl (C=O) groups is 2. The molecule has 8 heteroatoms. The second-order valence-electron chi connectivity index (χ2n) is 4.44. The molecule has 0 bridgehead atoms. The van der Waals surface area contributed by atoms with Crippen molar-refractivity contribution in [2.45, 2.75) is 0 Å². The van der Waals surface area contributed by atoms with Crippen LogP contribution < -0.4 is 19.9 Å². The van der Waals surface area contributed by atoms with Gasteiger partial charge in [-0.05, 0) is 24.3 Å². The van der Waals surface area contributed by atoms with E-state index in [-0.39, 0.29) is 11.4 Å². The number of nitrogens with one attached hydrogen (secondary N) is 1. The molecule has 0 unspecified atom stereocenters. The predicted molar refractivity (Wildman–Crippen MR) is 83.4 cm³/mol. The fourth-order valence-corrected chi connectivity index (χ4v) is 1.77. The average Bonchev–Trinajstić information content (AvgIpc) is 2.61. The van der Waals surface area contributed by atoms with Gasteiger partial charge in [0.2, 0.25) is 0 Å². The van der Waals surface area contributed by atoms with Crippen molar-refractivity contribution in [2.75, 3.05) is 19.2 Å². The summed E-state index contributed by atoms with van der Waals surface area (Å²) in [5, 5.41) is 0.779. The highest BCUT2D eigenvalue weighted by Gasteiger charge is 2.22. The lowest BCUT2D eigenvalue weighted by Gasteiger charge is -2.22. The van der Waals surface area contributed by atoms with E-state index in [0.717, 1.165) is 18.2 Å². The number of benzene rings is 2. The summed E-state index contributed by atoms with van der Waals surface area (Å²) in [6, 6.07) is 11.7. The van der Waals surface area contributed by atoms with Crippen LogP contribution in [-0.2, 0) is 4.74 Å². The molecule has 0 aromatic heterocycles. The van der Waals surface area contributed by atoms with Gasteiger partial charge in [-0.25, -0.2) is 19.4 Å². The number of halogens is 1. The topological polar surface area (TPSA) is 77.1 Å². The molecule has 24 heavy (non-hydrogen) atoms. The lowest BCUT2D eigenvalue weighted by molar-refractivity contribution is 0.165. The van der Waals surface area contributed by atoms with Crippen LogP contribution in [0.25, 0.3) is 0 Å². The zero-order valence-corrected chi connectivity index (χ0v) is 13.0. The van der Waals surface area contributed by atoms with E-state index in [2.05, 4.69) is 10.2 Å². The highest BCUT2D eigenvalue weighted by atomic mass is 19.1. The number of hydrogen-bond donors (Lipinski definition) is 1. The van der Waals surface area contributed by atoms with Gasteiger partial charge in [0.25, 0.3) is 0 Å². The number of para-hydroxylation sites is 1. The molecule has 0 spiro atoms. The minimum Gasteiger partial charge on any atom is -0.497 e. The van der Waals surface area contributed by atoms with Crippen LogP contribution in [0, 0.1) is 5.82 Å². The quantitative estimate of drug-likeness (QED) is 0.873. The molecule has 0 atom stereocenters. The van der Waals surface area contributed by atoms with Crippen molar-refractivity contribution in [1.29, 1.82) is 0 Å². The lowest BCUT2D eigenvalue weighted by atomic mass is 10.3. The van der Waals surface area contributed by atoms with E-state index < -0.39 is 18.0 Å². The predicted octanol–water partition coefficient (Wildman–Crippen LogP) is 3.11. The first-order valence-corrected chi connectivity index (χ1v) is 6.80. The SMILES string of the molecule is COC(=O)NN(C(=O)Oc1ccccc1F)c1cccc(OC)c1. The molecule has 0 saturated carbocycles. The molecule has 0 aliphatic carbocycles. The normalized spacial score (nSPS) is 9.79. The fraction of sp³-hybridized carbons (Fsp3) is 0.125. The molecule has 0 aliphatic rings. The van der Waals surface area contributed by atoms with Crippen LogP contribution in [0.5, 0.6) is 11.5 Å². The zero-order valence-electron chi connectivity index (χ0n) is 13.0. The maximum absolute atomic E-state index is 13.6. The molecule has 0 fully saturated rings. The van der Waals surface area contributed by atoms with Gasteiger partial charge in [0, 0.05) is 6.07 Å². The number of methoxy groups -OCH3 is 2. The van der Waals surface area contributed by atoms with Crippen molar-refractivity contribution >= 4 is 17.9 Å². The number of rotatable bonds is 3. The molecule has 7 nitrogen and oxygen atoms in total. The van der Waals surface area contributed by atoms with Crippen molar-refractivity contribution in [3.63, 3.8) is 0 Å². The Kier molecular flexibility index (Phi) is 5.56. The molecular formula is C16H15FN2O5. The lowest BCUT2D eigenvalue weighted by Crippen LogP contribution is -2.48. The van der Waals surface area contributed by atoms with Gasteiger partial charge in [0.1, 0.15) is 5.75 Å². The standard InChI is InChI=1S/C16H15FN2O5/c1-22-12-7-5-6-11(10-12)19(18-15(20)23-2)16(21)24-14-9-4-3-8-13(14)17/h3-10H,1-2H3,(H,18,20). The van der Waals surface area contributed by atoms with Gasteiger partial charge in [-0.2, -0.15) is 5.01 Å². The molecule has 0 saturated heterocycles. The van der Waals surface area contributed by atoms with Gasteiger partial charge in [-0.15, -0.1) is 0 Å². The van der Waals surface area contributed by atoms with Crippen LogP contribution in [0.3, 0.4) is 0 Å². The number of carbonyl (C=O) groups excluding carboxylic acids is 2. The molecule has 2 aromatic carbocycles. The number of amides is 2. The van der Waals surface area contributed by atoms with Crippen molar-refractivity contribution in [2.24, 2.45) is 0 Å². The Bertz CT molecular complexity index is 738. The maximum atomic E-state index is 13.6.